The van der Waals surface area contributed by atoms with Crippen molar-refractivity contribution in [2.45, 2.75) is 12.8 Å². The summed E-state index contributed by atoms with van der Waals surface area (Å²) in [5.41, 5.74) is 2.03. The van der Waals surface area contributed by atoms with E-state index >= 15 is 0 Å². The second-order valence-corrected chi connectivity index (χ2v) is 9.72. The zero-order valence-corrected chi connectivity index (χ0v) is 22.0. The highest BCUT2D eigenvalue weighted by atomic mass is 35.5. The number of rotatable bonds is 9. The van der Waals surface area contributed by atoms with E-state index < -0.39 is 5.97 Å². The van der Waals surface area contributed by atoms with Crippen molar-refractivity contribution in [2.75, 3.05) is 38.0 Å². The van der Waals surface area contributed by atoms with Crippen LogP contribution in [0.3, 0.4) is 0 Å². The topological polar surface area (TPSA) is 99.2 Å². The van der Waals surface area contributed by atoms with Gasteiger partial charge >= 0.3 is 5.97 Å². The number of carbonyl (C=O) groups excluding carboxylic acids is 2. The van der Waals surface area contributed by atoms with Crippen LogP contribution in [0.15, 0.2) is 66.7 Å². The summed E-state index contributed by atoms with van der Waals surface area (Å²) >= 11 is 11.9. The summed E-state index contributed by atoms with van der Waals surface area (Å²) in [5.74, 6) is 0.196. The fourth-order valence-corrected chi connectivity index (χ4v) is 4.36. The molecule has 1 aliphatic heterocycles. The zero-order valence-electron chi connectivity index (χ0n) is 20.5. The van der Waals surface area contributed by atoms with Crippen LogP contribution in [0.4, 0.5) is 5.69 Å². The fraction of sp³-hybridized carbons (Fsp3) is 0.250. The molecule has 0 saturated carbocycles. The highest BCUT2D eigenvalue weighted by Gasteiger charge is 2.22. The summed E-state index contributed by atoms with van der Waals surface area (Å²) < 4.78 is 5.90. The SMILES string of the molecule is O=C(O)CN1CCN(C(=O)CCc2ccc(Oc3ccc(NC(=O)c4ccc(Cl)c(Cl)c4)cc3)cc2)CC1. The van der Waals surface area contributed by atoms with Crippen LogP contribution in [0.25, 0.3) is 0 Å². The van der Waals surface area contributed by atoms with Gasteiger partial charge in [0.15, 0.2) is 0 Å². The molecule has 2 amide bonds. The molecule has 1 fully saturated rings. The number of carboxylic acids is 1. The normalized spacial score (nSPS) is 13.7. The van der Waals surface area contributed by atoms with Gasteiger partial charge in [0.2, 0.25) is 5.91 Å². The lowest BCUT2D eigenvalue weighted by Gasteiger charge is -2.33. The highest BCUT2D eigenvalue weighted by Crippen LogP contribution is 2.25. The van der Waals surface area contributed by atoms with Gasteiger partial charge in [-0.25, -0.2) is 0 Å². The standard InChI is InChI=1S/C28H27Cl2N3O5/c29-24-11-4-20(17-25(24)30)28(37)31-21-5-9-23(10-6-21)38-22-7-1-19(2-8-22)3-12-26(34)33-15-13-32(14-16-33)18-27(35)36/h1-2,4-11,17H,3,12-16,18H2,(H,31,37)(H,35,36). The molecule has 0 bridgehead atoms. The fourth-order valence-electron chi connectivity index (χ4n) is 4.06. The van der Waals surface area contributed by atoms with Crippen LogP contribution in [-0.4, -0.2) is 65.4 Å². The number of aryl methyl sites for hydroxylation is 1. The van der Waals surface area contributed by atoms with Crippen molar-refractivity contribution in [3.63, 3.8) is 0 Å². The molecule has 0 spiro atoms. The molecular formula is C28H27Cl2N3O5. The van der Waals surface area contributed by atoms with Crippen molar-refractivity contribution in [1.82, 2.24) is 9.80 Å². The minimum atomic E-state index is -0.848. The van der Waals surface area contributed by atoms with Crippen LogP contribution in [-0.2, 0) is 16.0 Å². The maximum absolute atomic E-state index is 12.5. The third kappa shape index (κ3) is 7.71. The number of piperazine rings is 1. The van der Waals surface area contributed by atoms with Crippen molar-refractivity contribution < 1.29 is 24.2 Å². The molecule has 0 unspecified atom stereocenters. The van der Waals surface area contributed by atoms with Gasteiger partial charge in [-0.15, -0.1) is 0 Å². The molecule has 1 heterocycles. The molecule has 0 atom stereocenters. The number of amides is 2. The Hall–Kier alpha value is -3.59. The van der Waals surface area contributed by atoms with E-state index in [1.54, 1.807) is 41.3 Å². The predicted octanol–water partition coefficient (Wildman–Crippen LogP) is 5.20. The number of nitrogens with one attached hydrogen (secondary N) is 1. The summed E-state index contributed by atoms with van der Waals surface area (Å²) in [7, 11) is 0. The van der Waals surface area contributed by atoms with Gasteiger partial charge in [-0.2, -0.15) is 0 Å². The van der Waals surface area contributed by atoms with Crippen LogP contribution < -0.4 is 10.1 Å². The van der Waals surface area contributed by atoms with Gasteiger partial charge in [-0.1, -0.05) is 35.3 Å². The molecule has 0 aliphatic carbocycles. The van der Waals surface area contributed by atoms with Crippen molar-refractivity contribution in [3.8, 4) is 11.5 Å². The molecule has 38 heavy (non-hydrogen) atoms. The molecule has 8 nitrogen and oxygen atoms in total. The quantitative estimate of drug-likeness (QED) is 0.376. The minimum absolute atomic E-state index is 0.0111. The van der Waals surface area contributed by atoms with E-state index in [4.69, 9.17) is 33.0 Å². The van der Waals surface area contributed by atoms with Crippen LogP contribution in [0.2, 0.25) is 10.0 Å². The summed E-state index contributed by atoms with van der Waals surface area (Å²) in [6, 6.07) is 19.3. The lowest BCUT2D eigenvalue weighted by molar-refractivity contribution is -0.139. The van der Waals surface area contributed by atoms with Crippen LogP contribution in [0, 0.1) is 0 Å². The third-order valence-electron chi connectivity index (χ3n) is 6.16. The lowest BCUT2D eigenvalue weighted by Crippen LogP contribution is -2.49. The molecule has 1 saturated heterocycles. The summed E-state index contributed by atoms with van der Waals surface area (Å²) in [6.45, 7) is 2.27. The first-order chi connectivity index (χ1) is 18.3. The average molecular weight is 556 g/mol. The van der Waals surface area contributed by atoms with E-state index in [0.717, 1.165) is 5.56 Å². The molecule has 0 aromatic heterocycles. The molecule has 10 heteroatoms. The van der Waals surface area contributed by atoms with Gasteiger partial charge in [-0.05, 0) is 66.6 Å². The third-order valence-corrected chi connectivity index (χ3v) is 6.90. The number of hydrogen-bond acceptors (Lipinski definition) is 5. The number of ether oxygens (including phenoxy) is 1. The van der Waals surface area contributed by atoms with E-state index in [0.29, 0.717) is 71.8 Å². The number of hydrogen-bond donors (Lipinski definition) is 2. The molecule has 4 rings (SSSR count). The van der Waals surface area contributed by atoms with Gasteiger partial charge in [0.05, 0.1) is 16.6 Å². The van der Waals surface area contributed by atoms with Gasteiger partial charge in [0.25, 0.3) is 5.91 Å². The molecular weight excluding hydrogens is 529 g/mol. The first kappa shape index (κ1) is 27.4. The molecule has 2 N–H and O–H groups in total. The van der Waals surface area contributed by atoms with Gasteiger partial charge in [-0.3, -0.25) is 19.3 Å². The number of carboxylic acid groups (broad SMARTS) is 1. The average Bonchev–Trinajstić information content (AvgIpc) is 2.91. The number of halogens is 2. The van der Waals surface area contributed by atoms with Gasteiger partial charge in [0, 0.05) is 43.9 Å². The second-order valence-electron chi connectivity index (χ2n) is 8.90. The second kappa shape index (κ2) is 12.8. The van der Waals surface area contributed by atoms with E-state index in [1.807, 2.05) is 29.2 Å². The van der Waals surface area contributed by atoms with Crippen molar-refractivity contribution >= 4 is 46.7 Å². The minimum Gasteiger partial charge on any atom is -0.480 e. The van der Waals surface area contributed by atoms with Gasteiger partial charge < -0.3 is 20.1 Å². The van der Waals surface area contributed by atoms with Gasteiger partial charge in [0.1, 0.15) is 11.5 Å². The first-order valence-electron chi connectivity index (χ1n) is 12.1. The number of carbonyl (C=O) groups is 3. The van der Waals surface area contributed by atoms with Crippen molar-refractivity contribution in [1.29, 1.82) is 0 Å². The number of nitrogens with zero attached hydrogens (tertiary/aromatic N) is 2. The zero-order chi connectivity index (χ0) is 27.1. The Bertz CT molecular complexity index is 1290. The molecule has 3 aromatic rings. The lowest BCUT2D eigenvalue weighted by atomic mass is 10.1. The van der Waals surface area contributed by atoms with E-state index in [2.05, 4.69) is 5.32 Å². The Kier molecular flexibility index (Phi) is 9.23. The summed E-state index contributed by atoms with van der Waals surface area (Å²) in [5, 5.41) is 12.4. The van der Waals surface area contributed by atoms with Crippen molar-refractivity contribution in [3.05, 3.63) is 87.9 Å². The van der Waals surface area contributed by atoms with E-state index in [1.165, 1.54) is 6.07 Å². The van der Waals surface area contributed by atoms with E-state index in [-0.39, 0.29) is 18.4 Å². The maximum Gasteiger partial charge on any atom is 0.317 e. The molecule has 198 valence electrons. The Morgan fingerprint density at radius 2 is 1.47 bits per heavy atom. The maximum atomic E-state index is 12.5. The smallest absolute Gasteiger partial charge is 0.317 e. The summed E-state index contributed by atoms with van der Waals surface area (Å²) in [6.07, 6.45) is 1.01. The largest absolute Gasteiger partial charge is 0.480 e. The molecule has 0 radical (unpaired) electrons. The molecule has 3 aromatic carbocycles. The summed E-state index contributed by atoms with van der Waals surface area (Å²) in [4.78, 5) is 39.4. The van der Waals surface area contributed by atoms with E-state index in [9.17, 15) is 14.4 Å². The predicted molar refractivity (Wildman–Crippen MR) is 146 cm³/mol. The van der Waals surface area contributed by atoms with Crippen LogP contribution >= 0.6 is 23.2 Å². The number of benzene rings is 3. The first-order valence-corrected chi connectivity index (χ1v) is 12.9. The Morgan fingerprint density at radius 1 is 0.842 bits per heavy atom. The van der Waals surface area contributed by atoms with Crippen LogP contribution in [0.5, 0.6) is 11.5 Å². The number of anilines is 1. The monoisotopic (exact) mass is 555 g/mol. The molecule has 1 aliphatic rings. The Labute approximate surface area is 230 Å². The van der Waals surface area contributed by atoms with Crippen molar-refractivity contribution in [2.24, 2.45) is 0 Å². The highest BCUT2D eigenvalue weighted by molar-refractivity contribution is 6.42. The van der Waals surface area contributed by atoms with Crippen LogP contribution in [0.1, 0.15) is 22.3 Å². The number of aliphatic carboxylic acids is 1. The Balaban J connectivity index is 1.23. The Morgan fingerprint density at radius 3 is 2.08 bits per heavy atom.